The van der Waals surface area contributed by atoms with Gasteiger partial charge in [0.25, 0.3) is 0 Å². The maximum atomic E-state index is 10.4. The smallest absolute Gasteiger partial charge is 0.0989 e. The van der Waals surface area contributed by atoms with Crippen LogP contribution < -0.4 is 11.5 Å². The van der Waals surface area contributed by atoms with Gasteiger partial charge in [0.2, 0.25) is 0 Å². The monoisotopic (exact) mass is 394 g/mol. The largest absolute Gasteiger partial charge is 0.394 e. The molecule has 9 N–H and O–H groups in total. The minimum Gasteiger partial charge on any atom is -0.394 e. The third kappa shape index (κ3) is 4.96. The summed E-state index contributed by atoms with van der Waals surface area (Å²) in [5.74, 6) is -0.837. The highest BCUT2D eigenvalue weighted by Gasteiger charge is 2.44. The molecule has 0 spiro atoms. The summed E-state index contributed by atoms with van der Waals surface area (Å²) in [5, 5.41) is 49.0. The fourth-order valence-electron chi connectivity index (χ4n) is 3.99. The molecule has 0 aromatic carbocycles. The van der Waals surface area contributed by atoms with Crippen molar-refractivity contribution in [2.24, 2.45) is 23.3 Å². The van der Waals surface area contributed by atoms with Crippen molar-refractivity contribution in [3.63, 3.8) is 0 Å². The van der Waals surface area contributed by atoms with Crippen LogP contribution in [-0.2, 0) is 14.2 Å². The summed E-state index contributed by atoms with van der Waals surface area (Å²) in [6.07, 6.45) is -3.83. The highest BCUT2D eigenvalue weighted by molar-refractivity contribution is 4.95. The van der Waals surface area contributed by atoms with Crippen molar-refractivity contribution in [2.45, 2.75) is 62.1 Å². The number of ether oxygens (including phenoxy) is 3. The van der Waals surface area contributed by atoms with Gasteiger partial charge in [0.05, 0.1) is 81.7 Å². The number of nitrogens with two attached hydrogens (primary N) is 2. The average Bonchev–Trinajstić information content (AvgIpc) is 2.68. The van der Waals surface area contributed by atoms with Crippen LogP contribution in [0.15, 0.2) is 0 Å². The van der Waals surface area contributed by atoms with E-state index in [0.29, 0.717) is 6.42 Å². The van der Waals surface area contributed by atoms with Gasteiger partial charge in [-0.15, -0.1) is 0 Å². The SMILES string of the molecule is CCC1C(CO)OC(COCC2C(CO)OC(CO)C(N)C2O)C(N)C1O. The highest BCUT2D eigenvalue weighted by Crippen LogP contribution is 2.29. The lowest BCUT2D eigenvalue weighted by Gasteiger charge is -2.44. The zero-order chi connectivity index (χ0) is 20.1. The van der Waals surface area contributed by atoms with Crippen LogP contribution in [0.4, 0.5) is 0 Å². The van der Waals surface area contributed by atoms with Crippen molar-refractivity contribution in [3.05, 3.63) is 0 Å². The van der Waals surface area contributed by atoms with Gasteiger partial charge in [-0.25, -0.2) is 0 Å². The Bertz CT molecular complexity index is 441. The van der Waals surface area contributed by atoms with Crippen LogP contribution in [0.3, 0.4) is 0 Å². The first-order valence-corrected chi connectivity index (χ1v) is 9.48. The van der Waals surface area contributed by atoms with Gasteiger partial charge < -0.3 is 51.2 Å². The molecule has 10 nitrogen and oxygen atoms in total. The van der Waals surface area contributed by atoms with Crippen LogP contribution in [0, 0.1) is 11.8 Å². The second kappa shape index (κ2) is 10.4. The summed E-state index contributed by atoms with van der Waals surface area (Å²) in [6, 6.07) is -1.47. The predicted molar refractivity (Wildman–Crippen MR) is 94.6 cm³/mol. The molecular weight excluding hydrogens is 360 g/mol. The van der Waals surface area contributed by atoms with Gasteiger partial charge in [0.15, 0.2) is 0 Å². The van der Waals surface area contributed by atoms with E-state index in [4.69, 9.17) is 25.7 Å². The predicted octanol–water partition coefficient (Wildman–Crippen LogP) is -3.47. The highest BCUT2D eigenvalue weighted by atomic mass is 16.6. The molecule has 0 radical (unpaired) electrons. The summed E-state index contributed by atoms with van der Waals surface area (Å²) in [5.41, 5.74) is 11.9. The molecule has 2 heterocycles. The molecule has 0 bridgehead atoms. The van der Waals surface area contributed by atoms with Gasteiger partial charge in [-0.2, -0.15) is 0 Å². The maximum absolute atomic E-state index is 10.4. The normalized spacial score (nSPS) is 45.8. The van der Waals surface area contributed by atoms with Gasteiger partial charge >= 0.3 is 0 Å². The Balaban J connectivity index is 1.92. The molecule has 10 atom stereocenters. The molecule has 0 aliphatic carbocycles. The molecule has 0 aromatic heterocycles. The summed E-state index contributed by atoms with van der Waals surface area (Å²) >= 11 is 0. The summed E-state index contributed by atoms with van der Waals surface area (Å²) in [6.45, 7) is 1.04. The molecule has 2 rings (SSSR count). The van der Waals surface area contributed by atoms with Crippen LogP contribution in [0.1, 0.15) is 13.3 Å². The number of rotatable bonds is 8. The van der Waals surface area contributed by atoms with Crippen molar-refractivity contribution in [1.82, 2.24) is 0 Å². The van der Waals surface area contributed by atoms with Crippen LogP contribution in [-0.4, -0.2) is 107 Å². The average molecular weight is 394 g/mol. The van der Waals surface area contributed by atoms with Gasteiger partial charge in [-0.3, -0.25) is 0 Å². The van der Waals surface area contributed by atoms with Gasteiger partial charge in [-0.05, 0) is 6.42 Å². The summed E-state index contributed by atoms with van der Waals surface area (Å²) < 4.78 is 17.0. The number of aliphatic hydroxyl groups is 5. The van der Waals surface area contributed by atoms with E-state index in [-0.39, 0.29) is 39.0 Å². The third-order valence-corrected chi connectivity index (χ3v) is 5.78. The number of hydrogen-bond acceptors (Lipinski definition) is 10. The standard InChI is InChI=1S/C17H34N2O8/c1-2-8-10(3-20)27-13(15(19)16(8)23)7-25-6-9-11(4-21)26-12(5-22)14(18)17(9)24/h8-17,20-24H,2-7,18-19H2,1H3. The molecule has 0 saturated carbocycles. The van der Waals surface area contributed by atoms with E-state index in [2.05, 4.69) is 0 Å². The fraction of sp³-hybridized carbons (Fsp3) is 1.00. The van der Waals surface area contributed by atoms with E-state index in [0.717, 1.165) is 0 Å². The van der Waals surface area contributed by atoms with Crippen molar-refractivity contribution in [1.29, 1.82) is 0 Å². The molecule has 2 aliphatic rings. The zero-order valence-corrected chi connectivity index (χ0v) is 15.6. The fourth-order valence-corrected chi connectivity index (χ4v) is 3.99. The van der Waals surface area contributed by atoms with Gasteiger partial charge in [0.1, 0.15) is 0 Å². The lowest BCUT2D eigenvalue weighted by atomic mass is 9.84. The minimum atomic E-state index is -1.02. The molecule has 2 aliphatic heterocycles. The van der Waals surface area contributed by atoms with E-state index in [1.54, 1.807) is 0 Å². The Hall–Kier alpha value is -0.400. The first-order chi connectivity index (χ1) is 12.9. The lowest BCUT2D eigenvalue weighted by molar-refractivity contribution is -0.198. The molecule has 0 aromatic rings. The second-order valence-electron chi connectivity index (χ2n) is 7.38. The molecule has 10 heteroatoms. The summed E-state index contributed by atoms with van der Waals surface area (Å²) in [7, 11) is 0. The lowest BCUT2D eigenvalue weighted by Crippen LogP contribution is -2.62. The van der Waals surface area contributed by atoms with Crippen molar-refractivity contribution < 1.29 is 39.7 Å². The molecule has 27 heavy (non-hydrogen) atoms. The van der Waals surface area contributed by atoms with E-state index in [1.165, 1.54) is 0 Å². The van der Waals surface area contributed by atoms with Crippen LogP contribution in [0.5, 0.6) is 0 Å². The van der Waals surface area contributed by atoms with Crippen LogP contribution >= 0.6 is 0 Å². The Labute approximate surface area is 159 Å². The number of aliphatic hydroxyl groups excluding tert-OH is 5. The quantitative estimate of drug-likeness (QED) is 0.218. The number of hydrogen-bond donors (Lipinski definition) is 7. The van der Waals surface area contributed by atoms with E-state index < -0.39 is 54.6 Å². The minimum absolute atomic E-state index is 0.0297. The first kappa shape index (κ1) is 22.9. The molecule has 160 valence electrons. The van der Waals surface area contributed by atoms with Crippen molar-refractivity contribution >= 4 is 0 Å². The van der Waals surface area contributed by atoms with Gasteiger partial charge in [0, 0.05) is 11.8 Å². The Kier molecular flexibility index (Phi) is 8.81. The van der Waals surface area contributed by atoms with E-state index in [9.17, 15) is 25.5 Å². The van der Waals surface area contributed by atoms with E-state index in [1.807, 2.05) is 6.92 Å². The van der Waals surface area contributed by atoms with Crippen molar-refractivity contribution in [2.75, 3.05) is 33.0 Å². The Morgan fingerprint density at radius 2 is 1.22 bits per heavy atom. The van der Waals surface area contributed by atoms with E-state index >= 15 is 0 Å². The van der Waals surface area contributed by atoms with Crippen molar-refractivity contribution in [3.8, 4) is 0 Å². The second-order valence-corrected chi connectivity index (χ2v) is 7.38. The molecular formula is C17H34N2O8. The molecule has 0 amide bonds. The third-order valence-electron chi connectivity index (χ3n) is 5.78. The molecule has 10 unspecified atom stereocenters. The van der Waals surface area contributed by atoms with Crippen LogP contribution in [0.2, 0.25) is 0 Å². The van der Waals surface area contributed by atoms with Gasteiger partial charge in [-0.1, -0.05) is 6.92 Å². The Morgan fingerprint density at radius 1 is 0.741 bits per heavy atom. The molecule has 2 fully saturated rings. The zero-order valence-electron chi connectivity index (χ0n) is 15.6. The Morgan fingerprint density at radius 3 is 1.78 bits per heavy atom. The molecule has 2 saturated heterocycles. The maximum Gasteiger partial charge on any atom is 0.0989 e. The van der Waals surface area contributed by atoms with Crippen LogP contribution in [0.25, 0.3) is 0 Å². The topological polar surface area (TPSA) is 181 Å². The summed E-state index contributed by atoms with van der Waals surface area (Å²) in [4.78, 5) is 0. The first-order valence-electron chi connectivity index (χ1n) is 9.48.